The third kappa shape index (κ3) is 5.31. The average Bonchev–Trinajstić information content (AvgIpc) is 3.24. The van der Waals surface area contributed by atoms with Gasteiger partial charge in [-0.1, -0.05) is 12.1 Å². The molecule has 1 heterocycles. The van der Waals surface area contributed by atoms with Crippen molar-refractivity contribution in [3.05, 3.63) is 59.7 Å². The Balaban J connectivity index is 1.49. The molecule has 1 aliphatic rings. The molecule has 2 aromatic rings. The third-order valence-corrected chi connectivity index (χ3v) is 4.28. The summed E-state index contributed by atoms with van der Waals surface area (Å²) in [6, 6.07) is 13.3. The second-order valence-electron chi connectivity index (χ2n) is 6.20. The fourth-order valence-electron chi connectivity index (χ4n) is 2.75. The topological polar surface area (TPSA) is 71.1 Å². The van der Waals surface area contributed by atoms with Crippen molar-refractivity contribution < 1.29 is 28.5 Å². The maximum absolute atomic E-state index is 12.1. The Morgan fingerprint density at radius 3 is 2.59 bits per heavy atom. The number of methoxy groups -OCH3 is 1. The highest BCUT2D eigenvalue weighted by Crippen LogP contribution is 2.17. The molecule has 2 aromatic carbocycles. The van der Waals surface area contributed by atoms with Crippen molar-refractivity contribution >= 4 is 11.8 Å². The van der Waals surface area contributed by atoms with Crippen LogP contribution < -0.4 is 9.47 Å². The van der Waals surface area contributed by atoms with Gasteiger partial charge >= 0.3 is 5.97 Å². The van der Waals surface area contributed by atoms with Crippen LogP contribution in [0.1, 0.15) is 33.6 Å². The lowest BCUT2D eigenvalue weighted by atomic mass is 10.1. The van der Waals surface area contributed by atoms with Crippen LogP contribution in [0.4, 0.5) is 0 Å². The number of rotatable bonds is 8. The minimum Gasteiger partial charge on any atom is -0.497 e. The van der Waals surface area contributed by atoms with Crippen LogP contribution in [-0.2, 0) is 9.47 Å². The van der Waals surface area contributed by atoms with E-state index in [1.807, 2.05) is 0 Å². The fourth-order valence-corrected chi connectivity index (χ4v) is 2.75. The number of carbonyl (C=O) groups is 2. The number of benzene rings is 2. The second kappa shape index (κ2) is 9.19. The minimum atomic E-state index is -0.558. The largest absolute Gasteiger partial charge is 0.497 e. The standard InChI is InChI=1S/C21H22O6/c1-24-18-5-2-4-16(12-18)20(22)14-27-21(23)15-7-9-17(10-8-15)26-13-19-6-3-11-25-19/h2,4-5,7-10,12,19H,3,6,11,13-14H2,1H3. The van der Waals surface area contributed by atoms with Gasteiger partial charge in [0.25, 0.3) is 0 Å². The predicted molar refractivity (Wildman–Crippen MR) is 98.5 cm³/mol. The second-order valence-corrected chi connectivity index (χ2v) is 6.20. The van der Waals surface area contributed by atoms with Crippen LogP contribution in [0.3, 0.4) is 0 Å². The number of hydrogen-bond donors (Lipinski definition) is 0. The number of ether oxygens (including phenoxy) is 4. The van der Waals surface area contributed by atoms with E-state index in [0.29, 0.717) is 29.2 Å². The van der Waals surface area contributed by atoms with Crippen LogP contribution in [0.15, 0.2) is 48.5 Å². The Kier molecular flexibility index (Phi) is 6.44. The fraction of sp³-hybridized carbons (Fsp3) is 0.333. The van der Waals surface area contributed by atoms with Crippen molar-refractivity contribution in [2.24, 2.45) is 0 Å². The van der Waals surface area contributed by atoms with Crippen molar-refractivity contribution in [1.29, 1.82) is 0 Å². The number of carbonyl (C=O) groups excluding carboxylic acids is 2. The van der Waals surface area contributed by atoms with Gasteiger partial charge < -0.3 is 18.9 Å². The average molecular weight is 370 g/mol. The Morgan fingerprint density at radius 2 is 1.89 bits per heavy atom. The number of hydrogen-bond acceptors (Lipinski definition) is 6. The van der Waals surface area contributed by atoms with Gasteiger partial charge in [-0.2, -0.15) is 0 Å². The van der Waals surface area contributed by atoms with Gasteiger partial charge in [-0.05, 0) is 49.2 Å². The highest BCUT2D eigenvalue weighted by molar-refractivity contribution is 5.99. The normalized spacial score (nSPS) is 16.0. The minimum absolute atomic E-state index is 0.136. The van der Waals surface area contributed by atoms with E-state index in [1.165, 1.54) is 7.11 Å². The SMILES string of the molecule is COc1cccc(C(=O)COC(=O)c2ccc(OCC3CCCO3)cc2)c1. The van der Waals surface area contributed by atoms with Gasteiger partial charge in [-0.25, -0.2) is 4.79 Å². The number of Topliss-reactive ketones (excluding diaryl/α,β-unsaturated/α-hetero) is 1. The van der Waals surface area contributed by atoms with Crippen molar-refractivity contribution in [2.45, 2.75) is 18.9 Å². The van der Waals surface area contributed by atoms with E-state index in [-0.39, 0.29) is 18.5 Å². The molecule has 142 valence electrons. The molecule has 0 bridgehead atoms. The molecule has 1 atom stereocenters. The molecule has 3 rings (SSSR count). The van der Waals surface area contributed by atoms with Crippen LogP contribution in [0.5, 0.6) is 11.5 Å². The Bertz CT molecular complexity index is 778. The van der Waals surface area contributed by atoms with E-state index in [9.17, 15) is 9.59 Å². The Morgan fingerprint density at radius 1 is 1.07 bits per heavy atom. The van der Waals surface area contributed by atoms with Gasteiger partial charge in [-0.15, -0.1) is 0 Å². The lowest BCUT2D eigenvalue weighted by Gasteiger charge is -2.11. The summed E-state index contributed by atoms with van der Waals surface area (Å²) in [5.74, 6) is 0.385. The van der Waals surface area contributed by atoms with E-state index >= 15 is 0 Å². The maximum atomic E-state index is 12.1. The monoisotopic (exact) mass is 370 g/mol. The molecule has 0 radical (unpaired) electrons. The smallest absolute Gasteiger partial charge is 0.338 e. The van der Waals surface area contributed by atoms with Gasteiger partial charge in [0.15, 0.2) is 12.4 Å². The van der Waals surface area contributed by atoms with Crippen molar-refractivity contribution in [3.63, 3.8) is 0 Å². The number of ketones is 1. The molecule has 6 nitrogen and oxygen atoms in total. The van der Waals surface area contributed by atoms with Crippen LogP contribution in [0, 0.1) is 0 Å². The molecule has 0 saturated carbocycles. The Labute approximate surface area is 158 Å². The molecule has 0 aliphatic carbocycles. The van der Waals surface area contributed by atoms with Gasteiger partial charge in [0.2, 0.25) is 0 Å². The van der Waals surface area contributed by atoms with E-state index in [2.05, 4.69) is 0 Å². The van der Waals surface area contributed by atoms with Crippen LogP contribution in [0.2, 0.25) is 0 Å². The van der Waals surface area contributed by atoms with Crippen molar-refractivity contribution in [3.8, 4) is 11.5 Å². The van der Waals surface area contributed by atoms with Crippen LogP contribution >= 0.6 is 0 Å². The summed E-state index contributed by atoms with van der Waals surface area (Å²) in [4.78, 5) is 24.3. The van der Waals surface area contributed by atoms with Gasteiger partial charge in [0.1, 0.15) is 18.1 Å². The first-order valence-electron chi connectivity index (χ1n) is 8.84. The summed E-state index contributed by atoms with van der Waals surface area (Å²) in [6.07, 6.45) is 2.20. The third-order valence-electron chi connectivity index (χ3n) is 4.28. The first-order valence-corrected chi connectivity index (χ1v) is 8.84. The first-order chi connectivity index (χ1) is 13.2. The molecule has 27 heavy (non-hydrogen) atoms. The van der Waals surface area contributed by atoms with Crippen LogP contribution in [0.25, 0.3) is 0 Å². The molecule has 6 heteroatoms. The summed E-state index contributed by atoms with van der Waals surface area (Å²) in [6.45, 7) is 0.954. The molecular formula is C21H22O6. The molecule has 0 amide bonds. The van der Waals surface area contributed by atoms with Crippen molar-refractivity contribution in [1.82, 2.24) is 0 Å². The van der Waals surface area contributed by atoms with Gasteiger partial charge in [-0.3, -0.25) is 4.79 Å². The maximum Gasteiger partial charge on any atom is 0.338 e. The summed E-state index contributed by atoms with van der Waals surface area (Å²) < 4.78 is 21.4. The molecule has 1 saturated heterocycles. The van der Waals surface area contributed by atoms with Crippen LogP contribution in [-0.4, -0.2) is 44.8 Å². The molecule has 0 spiro atoms. The van der Waals surface area contributed by atoms with E-state index in [0.717, 1.165) is 19.4 Å². The summed E-state index contributed by atoms with van der Waals surface area (Å²) >= 11 is 0. The van der Waals surface area contributed by atoms with Gasteiger partial charge in [0.05, 0.1) is 18.8 Å². The highest BCUT2D eigenvalue weighted by atomic mass is 16.5. The Hall–Kier alpha value is -2.86. The van der Waals surface area contributed by atoms with E-state index < -0.39 is 5.97 Å². The highest BCUT2D eigenvalue weighted by Gasteiger charge is 2.16. The zero-order chi connectivity index (χ0) is 19.1. The number of esters is 1. The quantitative estimate of drug-likeness (QED) is 0.525. The molecule has 0 aromatic heterocycles. The van der Waals surface area contributed by atoms with E-state index in [4.69, 9.17) is 18.9 Å². The summed E-state index contributed by atoms with van der Waals surface area (Å²) in [5.41, 5.74) is 0.790. The predicted octanol–water partition coefficient (Wildman–Crippen LogP) is 3.29. The van der Waals surface area contributed by atoms with E-state index in [1.54, 1.807) is 48.5 Å². The lowest BCUT2D eigenvalue weighted by molar-refractivity contribution is 0.0474. The van der Waals surface area contributed by atoms with Gasteiger partial charge in [0, 0.05) is 12.2 Å². The molecular weight excluding hydrogens is 348 g/mol. The molecule has 1 fully saturated rings. The lowest BCUT2D eigenvalue weighted by Crippen LogP contribution is -2.16. The summed E-state index contributed by atoms with van der Waals surface area (Å²) in [5, 5.41) is 0. The first kappa shape index (κ1) is 18.9. The molecule has 1 unspecified atom stereocenters. The zero-order valence-electron chi connectivity index (χ0n) is 15.2. The molecule has 1 aliphatic heterocycles. The molecule has 0 N–H and O–H groups in total. The summed E-state index contributed by atoms with van der Waals surface area (Å²) in [7, 11) is 1.53. The zero-order valence-corrected chi connectivity index (χ0v) is 15.2. The van der Waals surface area contributed by atoms with Crippen molar-refractivity contribution in [2.75, 3.05) is 26.9 Å².